The van der Waals surface area contributed by atoms with Crippen LogP contribution in [0.15, 0.2) is 0 Å². The van der Waals surface area contributed by atoms with E-state index in [-0.39, 0.29) is 17.9 Å². The highest BCUT2D eigenvalue weighted by Gasteiger charge is 2.62. The van der Waals surface area contributed by atoms with Crippen LogP contribution in [0.2, 0.25) is 0 Å². The minimum atomic E-state index is -0.335. The lowest BCUT2D eigenvalue weighted by atomic mass is 9.45. The molecule has 2 unspecified atom stereocenters. The van der Waals surface area contributed by atoms with Crippen molar-refractivity contribution < 1.29 is 14.3 Å². The molecule has 0 aromatic heterocycles. The van der Waals surface area contributed by atoms with Gasteiger partial charge in [-0.1, -0.05) is 27.2 Å². The van der Waals surface area contributed by atoms with Gasteiger partial charge >= 0.3 is 5.97 Å². The number of hydrogen-bond acceptors (Lipinski definition) is 3. The molecule has 21 heavy (non-hydrogen) atoms. The lowest BCUT2D eigenvalue weighted by molar-refractivity contribution is -0.199. The Hall–Kier alpha value is -0.570. The zero-order chi connectivity index (χ0) is 15.5. The summed E-state index contributed by atoms with van der Waals surface area (Å²) in [5, 5.41) is 0. The number of esters is 1. The van der Waals surface area contributed by atoms with Gasteiger partial charge in [-0.3, -0.25) is 4.79 Å². The Morgan fingerprint density at radius 2 is 1.81 bits per heavy atom. The number of ether oxygens (including phenoxy) is 2. The van der Waals surface area contributed by atoms with Crippen molar-refractivity contribution in [3.05, 3.63) is 0 Å². The zero-order valence-corrected chi connectivity index (χ0v) is 14.2. The SMILES string of the molecule is CC(=O)OC1C[C@H]2[C@@](C)(CCC3C(C)(C)CCC[C@@]32C)O1. The van der Waals surface area contributed by atoms with Gasteiger partial charge < -0.3 is 9.47 Å². The summed E-state index contributed by atoms with van der Waals surface area (Å²) < 4.78 is 11.6. The lowest BCUT2D eigenvalue weighted by Gasteiger charge is -2.60. The number of rotatable bonds is 1. The van der Waals surface area contributed by atoms with Gasteiger partial charge in [0, 0.05) is 13.3 Å². The molecule has 3 aliphatic rings. The Labute approximate surface area is 128 Å². The van der Waals surface area contributed by atoms with Crippen molar-refractivity contribution in [2.75, 3.05) is 0 Å². The van der Waals surface area contributed by atoms with E-state index in [1.165, 1.54) is 32.6 Å². The fourth-order valence-electron chi connectivity index (χ4n) is 6.06. The van der Waals surface area contributed by atoms with Crippen molar-refractivity contribution >= 4 is 5.97 Å². The number of fused-ring (bicyclic) bond motifs is 3. The van der Waals surface area contributed by atoms with Crippen LogP contribution in [0.3, 0.4) is 0 Å². The van der Waals surface area contributed by atoms with Crippen LogP contribution >= 0.6 is 0 Å². The van der Waals surface area contributed by atoms with E-state index in [1.807, 2.05) is 0 Å². The predicted molar refractivity (Wildman–Crippen MR) is 81.6 cm³/mol. The molecular formula is C18H30O3. The number of carbonyl (C=O) groups excluding carboxylic acids is 1. The third-order valence-corrected chi connectivity index (χ3v) is 6.86. The summed E-state index contributed by atoms with van der Waals surface area (Å²) in [5.74, 6) is 1.04. The Kier molecular flexibility index (Phi) is 3.44. The van der Waals surface area contributed by atoms with Gasteiger partial charge in [0.1, 0.15) is 0 Å². The summed E-state index contributed by atoms with van der Waals surface area (Å²) in [4.78, 5) is 11.3. The standard InChI is InChI=1S/C18H30O3/c1-12(19)20-15-11-14-17(4)9-6-8-16(2,3)13(17)7-10-18(14,5)21-15/h13-15H,6-11H2,1-5H3/t13?,14-,15?,17+,18-/m1/s1. The molecule has 2 saturated carbocycles. The monoisotopic (exact) mass is 294 g/mol. The molecule has 1 saturated heterocycles. The first-order valence-electron chi connectivity index (χ1n) is 8.52. The second-order valence-electron chi connectivity index (χ2n) is 8.70. The maximum atomic E-state index is 11.3. The molecule has 2 aliphatic carbocycles. The number of carbonyl (C=O) groups is 1. The van der Waals surface area contributed by atoms with E-state index in [4.69, 9.17) is 9.47 Å². The fourth-order valence-corrected chi connectivity index (χ4v) is 6.06. The highest BCUT2D eigenvalue weighted by atomic mass is 16.7. The first-order chi connectivity index (χ1) is 9.67. The van der Waals surface area contributed by atoms with Gasteiger partial charge in [0.2, 0.25) is 6.29 Å². The molecule has 0 bridgehead atoms. The van der Waals surface area contributed by atoms with Crippen LogP contribution in [0.25, 0.3) is 0 Å². The van der Waals surface area contributed by atoms with Crippen molar-refractivity contribution in [3.8, 4) is 0 Å². The summed E-state index contributed by atoms with van der Waals surface area (Å²) in [7, 11) is 0. The van der Waals surface area contributed by atoms with Crippen molar-refractivity contribution in [1.29, 1.82) is 0 Å². The predicted octanol–water partition coefficient (Wildman–Crippen LogP) is 4.30. The van der Waals surface area contributed by atoms with E-state index < -0.39 is 0 Å². The molecule has 1 heterocycles. The number of hydrogen-bond donors (Lipinski definition) is 0. The molecule has 1 aliphatic heterocycles. The summed E-state index contributed by atoms with van der Waals surface area (Å²) in [6.07, 6.45) is 6.81. The average molecular weight is 294 g/mol. The Morgan fingerprint density at radius 1 is 1.10 bits per heavy atom. The molecule has 3 fully saturated rings. The zero-order valence-electron chi connectivity index (χ0n) is 14.2. The van der Waals surface area contributed by atoms with Crippen LogP contribution in [-0.4, -0.2) is 17.9 Å². The van der Waals surface area contributed by atoms with Crippen molar-refractivity contribution in [1.82, 2.24) is 0 Å². The molecule has 3 nitrogen and oxygen atoms in total. The van der Waals surface area contributed by atoms with Crippen LogP contribution < -0.4 is 0 Å². The largest absolute Gasteiger partial charge is 0.436 e. The van der Waals surface area contributed by atoms with Crippen molar-refractivity contribution in [3.63, 3.8) is 0 Å². The second kappa shape index (κ2) is 4.71. The van der Waals surface area contributed by atoms with Gasteiger partial charge in [-0.25, -0.2) is 0 Å². The van der Waals surface area contributed by atoms with Crippen LogP contribution in [0.1, 0.15) is 73.1 Å². The van der Waals surface area contributed by atoms with Gasteiger partial charge in [-0.2, -0.15) is 0 Å². The molecule has 3 rings (SSSR count). The minimum Gasteiger partial charge on any atom is -0.436 e. The molecule has 3 heteroatoms. The van der Waals surface area contributed by atoms with Crippen molar-refractivity contribution in [2.45, 2.75) is 85.0 Å². The van der Waals surface area contributed by atoms with Crippen LogP contribution in [0.4, 0.5) is 0 Å². The third kappa shape index (κ3) is 2.32. The molecule has 0 N–H and O–H groups in total. The van der Waals surface area contributed by atoms with Gasteiger partial charge in [0.15, 0.2) is 0 Å². The van der Waals surface area contributed by atoms with E-state index >= 15 is 0 Å². The van der Waals surface area contributed by atoms with Gasteiger partial charge in [0.25, 0.3) is 0 Å². The van der Waals surface area contributed by atoms with Gasteiger partial charge in [0.05, 0.1) is 5.60 Å². The smallest absolute Gasteiger partial charge is 0.304 e. The quantitative estimate of drug-likeness (QED) is 0.676. The van der Waals surface area contributed by atoms with Crippen molar-refractivity contribution in [2.24, 2.45) is 22.7 Å². The summed E-state index contributed by atoms with van der Waals surface area (Å²) in [6, 6.07) is 0. The highest BCUT2D eigenvalue weighted by Crippen LogP contribution is 2.65. The summed E-state index contributed by atoms with van der Waals surface area (Å²) >= 11 is 0. The summed E-state index contributed by atoms with van der Waals surface area (Å²) in [5.41, 5.74) is 0.635. The fraction of sp³-hybridized carbons (Fsp3) is 0.944. The molecule has 120 valence electrons. The minimum absolute atomic E-state index is 0.112. The third-order valence-electron chi connectivity index (χ3n) is 6.86. The Balaban J connectivity index is 1.89. The second-order valence-corrected chi connectivity index (χ2v) is 8.70. The molecule has 0 aromatic carbocycles. The average Bonchev–Trinajstić information content (AvgIpc) is 2.65. The molecule has 0 radical (unpaired) electrons. The molecule has 0 aromatic rings. The summed E-state index contributed by atoms with van der Waals surface area (Å²) in [6.45, 7) is 11.1. The van der Waals surface area contributed by atoms with Crippen LogP contribution in [0.5, 0.6) is 0 Å². The first kappa shape index (κ1) is 15.3. The highest BCUT2D eigenvalue weighted by molar-refractivity contribution is 5.66. The van der Waals surface area contributed by atoms with Crippen LogP contribution in [0, 0.1) is 22.7 Å². The van der Waals surface area contributed by atoms with E-state index in [1.54, 1.807) is 0 Å². The molecule has 0 spiro atoms. The maximum absolute atomic E-state index is 11.3. The van der Waals surface area contributed by atoms with Gasteiger partial charge in [-0.15, -0.1) is 0 Å². The molecule has 5 atom stereocenters. The Bertz CT molecular complexity index is 444. The van der Waals surface area contributed by atoms with E-state index in [2.05, 4.69) is 27.7 Å². The molecule has 0 amide bonds. The maximum Gasteiger partial charge on any atom is 0.304 e. The normalized spacial score (nSPS) is 48.3. The topological polar surface area (TPSA) is 35.5 Å². The molecular weight excluding hydrogens is 264 g/mol. The van der Waals surface area contributed by atoms with E-state index in [0.29, 0.717) is 16.7 Å². The first-order valence-corrected chi connectivity index (χ1v) is 8.52. The van der Waals surface area contributed by atoms with Gasteiger partial charge in [-0.05, 0) is 55.3 Å². The Morgan fingerprint density at radius 3 is 2.48 bits per heavy atom. The lowest BCUT2D eigenvalue weighted by Crippen LogP contribution is -2.55. The van der Waals surface area contributed by atoms with E-state index in [0.717, 1.165) is 18.8 Å². The van der Waals surface area contributed by atoms with Crippen LogP contribution in [-0.2, 0) is 14.3 Å². The van der Waals surface area contributed by atoms with E-state index in [9.17, 15) is 4.79 Å².